The van der Waals surface area contributed by atoms with Gasteiger partial charge in [0.25, 0.3) is 5.91 Å². The molecule has 3 heterocycles. The fourth-order valence-electron chi connectivity index (χ4n) is 3.47. The van der Waals surface area contributed by atoms with Crippen LogP contribution in [0.25, 0.3) is 0 Å². The minimum absolute atomic E-state index is 0.0309. The minimum Gasteiger partial charge on any atom is -0.447 e. The van der Waals surface area contributed by atoms with E-state index in [0.29, 0.717) is 23.5 Å². The number of likely N-dealkylation sites (N-methyl/N-ethyl adjacent to an activating group) is 1. The van der Waals surface area contributed by atoms with Gasteiger partial charge in [-0.1, -0.05) is 13.8 Å². The van der Waals surface area contributed by atoms with Crippen LogP contribution >= 0.6 is 0 Å². The quantitative estimate of drug-likeness (QED) is 0.830. The number of likely N-dealkylation sites (tertiary alicyclic amines) is 1. The molecule has 110 valence electrons. The van der Waals surface area contributed by atoms with Crippen LogP contribution in [0.4, 0.5) is 0 Å². The summed E-state index contributed by atoms with van der Waals surface area (Å²) in [6, 6.07) is 1.14. The number of carbonyl (C=O) groups excluding carboxylic acids is 1. The van der Waals surface area contributed by atoms with Crippen LogP contribution < -0.4 is 0 Å². The van der Waals surface area contributed by atoms with Crippen molar-refractivity contribution in [3.05, 3.63) is 17.8 Å². The van der Waals surface area contributed by atoms with Gasteiger partial charge in [-0.3, -0.25) is 9.69 Å². The van der Waals surface area contributed by atoms with Crippen LogP contribution in [0.5, 0.6) is 0 Å². The molecule has 0 saturated carbocycles. The first-order chi connectivity index (χ1) is 9.58. The monoisotopic (exact) mass is 277 g/mol. The van der Waals surface area contributed by atoms with Gasteiger partial charge in [-0.25, -0.2) is 4.98 Å². The lowest BCUT2D eigenvalue weighted by atomic mass is 10.1. The first kappa shape index (κ1) is 13.6. The largest absolute Gasteiger partial charge is 0.447 e. The zero-order valence-electron chi connectivity index (χ0n) is 12.5. The van der Waals surface area contributed by atoms with E-state index in [4.69, 9.17) is 4.42 Å². The van der Waals surface area contributed by atoms with Crippen molar-refractivity contribution >= 4 is 5.91 Å². The van der Waals surface area contributed by atoms with Gasteiger partial charge in [0.1, 0.15) is 5.76 Å². The molecule has 2 atom stereocenters. The van der Waals surface area contributed by atoms with Crippen LogP contribution in [0.2, 0.25) is 0 Å². The third-order valence-electron chi connectivity index (χ3n) is 4.76. The molecule has 2 saturated heterocycles. The molecule has 0 N–H and O–H groups in total. The average Bonchev–Trinajstić information content (AvgIpc) is 2.95. The number of oxazole rings is 1. The molecule has 1 amide bonds. The molecule has 1 aromatic rings. The minimum atomic E-state index is 0.0309. The highest BCUT2D eigenvalue weighted by molar-refractivity contribution is 5.93. The normalized spacial score (nSPS) is 27.1. The number of hydrogen-bond donors (Lipinski definition) is 0. The standard InChI is InChI=1S/C15H23N3O2/c1-10(2)14-13(16-9-20-14)15(19)18-7-6-11-4-5-12(8-18)17(11)3/h9-12H,4-8H2,1-3H3. The summed E-state index contributed by atoms with van der Waals surface area (Å²) in [6.07, 6.45) is 4.91. The Hall–Kier alpha value is -1.36. The molecule has 5 nitrogen and oxygen atoms in total. The summed E-state index contributed by atoms with van der Waals surface area (Å²) in [6.45, 7) is 5.69. The maximum atomic E-state index is 12.7. The van der Waals surface area contributed by atoms with E-state index in [9.17, 15) is 4.79 Å². The van der Waals surface area contributed by atoms with Gasteiger partial charge in [-0.2, -0.15) is 0 Å². The summed E-state index contributed by atoms with van der Waals surface area (Å²) < 4.78 is 5.38. The van der Waals surface area contributed by atoms with Gasteiger partial charge in [0.05, 0.1) is 0 Å². The molecule has 0 aliphatic carbocycles. The topological polar surface area (TPSA) is 49.6 Å². The zero-order valence-corrected chi connectivity index (χ0v) is 12.5. The van der Waals surface area contributed by atoms with Crippen molar-refractivity contribution in [2.45, 2.75) is 51.1 Å². The van der Waals surface area contributed by atoms with Gasteiger partial charge in [0.2, 0.25) is 0 Å². The van der Waals surface area contributed by atoms with Crippen molar-refractivity contribution < 1.29 is 9.21 Å². The lowest BCUT2D eigenvalue weighted by Crippen LogP contribution is -2.40. The van der Waals surface area contributed by atoms with Gasteiger partial charge >= 0.3 is 0 Å². The van der Waals surface area contributed by atoms with E-state index in [2.05, 4.69) is 16.9 Å². The van der Waals surface area contributed by atoms with Crippen LogP contribution in [0.15, 0.2) is 10.8 Å². The lowest BCUT2D eigenvalue weighted by Gasteiger charge is -2.25. The Bertz CT molecular complexity index is 497. The maximum Gasteiger partial charge on any atom is 0.276 e. The van der Waals surface area contributed by atoms with E-state index in [0.717, 1.165) is 19.5 Å². The van der Waals surface area contributed by atoms with Crippen LogP contribution in [0, 0.1) is 0 Å². The lowest BCUT2D eigenvalue weighted by molar-refractivity contribution is 0.0732. The third kappa shape index (κ3) is 2.24. The second kappa shape index (κ2) is 5.20. The molecule has 2 fully saturated rings. The van der Waals surface area contributed by atoms with Crippen LogP contribution in [0.3, 0.4) is 0 Å². The Labute approximate surface area is 119 Å². The van der Waals surface area contributed by atoms with Gasteiger partial charge < -0.3 is 9.32 Å². The Balaban J connectivity index is 1.79. The summed E-state index contributed by atoms with van der Waals surface area (Å²) in [4.78, 5) is 21.3. The van der Waals surface area contributed by atoms with E-state index < -0.39 is 0 Å². The summed E-state index contributed by atoms with van der Waals surface area (Å²) >= 11 is 0. The van der Waals surface area contributed by atoms with E-state index in [1.54, 1.807) is 0 Å². The number of amides is 1. The van der Waals surface area contributed by atoms with E-state index in [1.807, 2.05) is 18.7 Å². The molecule has 2 unspecified atom stereocenters. The molecule has 3 rings (SSSR count). The second-order valence-corrected chi connectivity index (χ2v) is 6.31. The molecular weight excluding hydrogens is 254 g/mol. The molecule has 1 aromatic heterocycles. The maximum absolute atomic E-state index is 12.7. The fraction of sp³-hybridized carbons (Fsp3) is 0.733. The predicted molar refractivity (Wildman–Crippen MR) is 75.7 cm³/mol. The highest BCUT2D eigenvalue weighted by Crippen LogP contribution is 2.29. The number of rotatable bonds is 2. The first-order valence-corrected chi connectivity index (χ1v) is 7.52. The average molecular weight is 277 g/mol. The molecule has 5 heteroatoms. The van der Waals surface area contributed by atoms with Gasteiger partial charge in [0.15, 0.2) is 12.1 Å². The summed E-state index contributed by atoms with van der Waals surface area (Å²) in [5.74, 6) is 0.920. The Morgan fingerprint density at radius 1 is 1.35 bits per heavy atom. The molecule has 0 aromatic carbocycles. The van der Waals surface area contributed by atoms with Crippen LogP contribution in [-0.4, -0.2) is 52.9 Å². The number of hydrogen-bond acceptors (Lipinski definition) is 4. The molecular formula is C15H23N3O2. The van der Waals surface area contributed by atoms with Gasteiger partial charge in [-0.15, -0.1) is 0 Å². The van der Waals surface area contributed by atoms with Crippen molar-refractivity contribution in [3.8, 4) is 0 Å². The van der Waals surface area contributed by atoms with E-state index >= 15 is 0 Å². The predicted octanol–water partition coefficient (Wildman–Crippen LogP) is 2.11. The summed E-state index contributed by atoms with van der Waals surface area (Å²) in [5, 5.41) is 0. The van der Waals surface area contributed by atoms with Crippen molar-refractivity contribution in [1.82, 2.24) is 14.8 Å². The number of nitrogens with zero attached hydrogens (tertiary/aromatic N) is 3. The molecule has 0 radical (unpaired) electrons. The van der Waals surface area contributed by atoms with Crippen LogP contribution in [0.1, 0.15) is 55.3 Å². The van der Waals surface area contributed by atoms with Gasteiger partial charge in [0, 0.05) is 31.1 Å². The molecule has 2 bridgehead atoms. The smallest absolute Gasteiger partial charge is 0.276 e. The summed E-state index contributed by atoms with van der Waals surface area (Å²) in [5.41, 5.74) is 0.500. The SMILES string of the molecule is CC(C)c1ocnc1C(=O)N1CCC2CCC(C1)N2C. The number of fused-ring (bicyclic) bond motifs is 2. The number of carbonyl (C=O) groups is 1. The van der Waals surface area contributed by atoms with E-state index in [1.165, 1.54) is 19.2 Å². The Kier molecular flexibility index (Phi) is 3.54. The second-order valence-electron chi connectivity index (χ2n) is 6.31. The third-order valence-corrected chi connectivity index (χ3v) is 4.76. The number of aromatic nitrogens is 1. The Morgan fingerprint density at radius 2 is 2.10 bits per heavy atom. The molecule has 2 aliphatic rings. The highest BCUT2D eigenvalue weighted by atomic mass is 16.3. The molecule has 2 aliphatic heterocycles. The van der Waals surface area contributed by atoms with Crippen LogP contribution in [-0.2, 0) is 0 Å². The van der Waals surface area contributed by atoms with Crippen molar-refractivity contribution in [2.75, 3.05) is 20.1 Å². The highest BCUT2D eigenvalue weighted by Gasteiger charge is 2.37. The van der Waals surface area contributed by atoms with Gasteiger partial charge in [-0.05, 0) is 26.3 Å². The van der Waals surface area contributed by atoms with E-state index in [-0.39, 0.29) is 11.8 Å². The van der Waals surface area contributed by atoms with Crippen molar-refractivity contribution in [1.29, 1.82) is 0 Å². The summed E-state index contributed by atoms with van der Waals surface area (Å²) in [7, 11) is 2.19. The fourth-order valence-corrected chi connectivity index (χ4v) is 3.47. The molecule has 0 spiro atoms. The Morgan fingerprint density at radius 3 is 2.85 bits per heavy atom. The van der Waals surface area contributed by atoms with Crippen molar-refractivity contribution in [3.63, 3.8) is 0 Å². The first-order valence-electron chi connectivity index (χ1n) is 7.52. The zero-order chi connectivity index (χ0) is 14.3. The van der Waals surface area contributed by atoms with Crippen molar-refractivity contribution in [2.24, 2.45) is 0 Å². The molecule has 20 heavy (non-hydrogen) atoms.